The van der Waals surface area contributed by atoms with E-state index in [1.165, 1.54) is 0 Å². The predicted molar refractivity (Wildman–Crippen MR) is 101 cm³/mol. The second kappa shape index (κ2) is 7.10. The van der Waals surface area contributed by atoms with Crippen molar-refractivity contribution in [1.29, 1.82) is 0 Å². The van der Waals surface area contributed by atoms with Crippen LogP contribution in [0.5, 0.6) is 0 Å². The SMILES string of the molecule is CCOC(=O)C1=C(CC)NC2=C(C(=O)CC(C)(C)C2)[C@H]1c1ccccc1. The van der Waals surface area contributed by atoms with Gasteiger partial charge < -0.3 is 10.1 Å². The van der Waals surface area contributed by atoms with Crippen LogP contribution in [0.3, 0.4) is 0 Å². The lowest BCUT2D eigenvalue weighted by Crippen LogP contribution is -2.39. The van der Waals surface area contributed by atoms with Crippen molar-refractivity contribution in [3.8, 4) is 0 Å². The molecule has 0 saturated carbocycles. The number of hydrogen-bond donors (Lipinski definition) is 1. The van der Waals surface area contributed by atoms with E-state index in [2.05, 4.69) is 19.2 Å². The molecule has 1 heterocycles. The van der Waals surface area contributed by atoms with Gasteiger partial charge in [0.25, 0.3) is 0 Å². The first-order valence-electron chi connectivity index (χ1n) is 9.36. The van der Waals surface area contributed by atoms with E-state index in [0.717, 1.165) is 29.0 Å². The molecule has 1 aromatic rings. The summed E-state index contributed by atoms with van der Waals surface area (Å²) in [5.74, 6) is -0.575. The van der Waals surface area contributed by atoms with Crippen molar-refractivity contribution in [2.75, 3.05) is 6.61 Å². The van der Waals surface area contributed by atoms with E-state index in [4.69, 9.17) is 4.74 Å². The number of benzene rings is 1. The van der Waals surface area contributed by atoms with Crippen LogP contribution in [0.4, 0.5) is 0 Å². The molecule has 26 heavy (non-hydrogen) atoms. The molecule has 2 aliphatic rings. The van der Waals surface area contributed by atoms with E-state index in [0.29, 0.717) is 25.0 Å². The first-order valence-corrected chi connectivity index (χ1v) is 9.36. The Bertz CT molecular complexity index is 787. The van der Waals surface area contributed by atoms with Crippen molar-refractivity contribution < 1.29 is 14.3 Å². The lowest BCUT2D eigenvalue weighted by molar-refractivity contribution is -0.138. The summed E-state index contributed by atoms with van der Waals surface area (Å²) in [7, 11) is 0. The zero-order chi connectivity index (χ0) is 18.9. The van der Waals surface area contributed by atoms with E-state index < -0.39 is 0 Å². The summed E-state index contributed by atoms with van der Waals surface area (Å²) < 4.78 is 5.35. The second-order valence-corrected chi connectivity index (χ2v) is 7.77. The van der Waals surface area contributed by atoms with Crippen molar-refractivity contribution in [3.63, 3.8) is 0 Å². The minimum atomic E-state index is -0.356. The average molecular weight is 353 g/mol. The molecular formula is C22H27NO3. The van der Waals surface area contributed by atoms with Crippen molar-refractivity contribution in [1.82, 2.24) is 5.32 Å². The topological polar surface area (TPSA) is 55.4 Å². The molecule has 0 fully saturated rings. The van der Waals surface area contributed by atoms with Gasteiger partial charge in [-0.3, -0.25) is 4.79 Å². The highest BCUT2D eigenvalue weighted by molar-refractivity contribution is 6.04. The van der Waals surface area contributed by atoms with E-state index in [1.54, 1.807) is 6.92 Å². The van der Waals surface area contributed by atoms with Crippen LogP contribution in [0.15, 0.2) is 52.9 Å². The Morgan fingerprint density at radius 3 is 2.50 bits per heavy atom. The fraction of sp³-hybridized carbons (Fsp3) is 0.455. The van der Waals surface area contributed by atoms with Gasteiger partial charge in [-0.15, -0.1) is 0 Å². The summed E-state index contributed by atoms with van der Waals surface area (Å²) in [6.07, 6.45) is 1.98. The summed E-state index contributed by atoms with van der Waals surface area (Å²) in [5.41, 5.74) is 4.02. The van der Waals surface area contributed by atoms with Gasteiger partial charge in [-0.2, -0.15) is 0 Å². The summed E-state index contributed by atoms with van der Waals surface area (Å²) >= 11 is 0. The Balaban J connectivity index is 2.19. The van der Waals surface area contributed by atoms with Gasteiger partial charge in [-0.25, -0.2) is 4.79 Å². The Kier molecular flexibility index (Phi) is 5.03. The van der Waals surface area contributed by atoms with Crippen molar-refractivity contribution in [2.24, 2.45) is 5.41 Å². The Morgan fingerprint density at radius 2 is 1.88 bits per heavy atom. The maximum Gasteiger partial charge on any atom is 0.336 e. The lowest BCUT2D eigenvalue weighted by Gasteiger charge is -2.39. The van der Waals surface area contributed by atoms with Crippen LogP contribution in [-0.4, -0.2) is 18.4 Å². The number of esters is 1. The number of ether oxygens (including phenoxy) is 1. The normalized spacial score (nSPS) is 22.0. The molecule has 0 radical (unpaired) electrons. The minimum Gasteiger partial charge on any atom is -0.463 e. The fourth-order valence-corrected chi connectivity index (χ4v) is 4.06. The van der Waals surface area contributed by atoms with Gasteiger partial charge in [0.2, 0.25) is 0 Å². The van der Waals surface area contributed by atoms with Crippen LogP contribution in [0.25, 0.3) is 0 Å². The molecule has 1 aromatic carbocycles. The predicted octanol–water partition coefficient (Wildman–Crippen LogP) is 4.24. The molecule has 1 aliphatic heterocycles. The molecule has 1 aliphatic carbocycles. The molecule has 0 saturated heterocycles. The second-order valence-electron chi connectivity index (χ2n) is 7.77. The third-order valence-electron chi connectivity index (χ3n) is 5.11. The number of nitrogens with one attached hydrogen (secondary N) is 1. The standard InChI is InChI=1S/C22H27NO3/c1-5-15-20(21(25)26-6-2)18(14-10-8-7-9-11-14)19-16(23-15)12-22(3,4)13-17(19)24/h7-11,18,23H,5-6,12-13H2,1-4H3/t18-/m1/s1. The van der Waals surface area contributed by atoms with Gasteiger partial charge in [0, 0.05) is 29.3 Å². The molecule has 1 atom stereocenters. The Labute approximate surface area is 155 Å². The van der Waals surface area contributed by atoms with Crippen LogP contribution in [0, 0.1) is 5.41 Å². The van der Waals surface area contributed by atoms with Crippen molar-refractivity contribution in [2.45, 2.75) is 52.9 Å². The molecule has 0 unspecified atom stereocenters. The van der Waals surface area contributed by atoms with Gasteiger partial charge in [-0.1, -0.05) is 51.1 Å². The third-order valence-corrected chi connectivity index (χ3v) is 5.11. The number of allylic oxidation sites excluding steroid dienone is 3. The Hall–Kier alpha value is -2.36. The molecule has 0 bridgehead atoms. The number of carbonyl (C=O) groups excluding carboxylic acids is 2. The van der Waals surface area contributed by atoms with Crippen LogP contribution in [0.2, 0.25) is 0 Å². The maximum atomic E-state index is 13.1. The van der Waals surface area contributed by atoms with Crippen LogP contribution in [0.1, 0.15) is 58.4 Å². The summed E-state index contributed by atoms with van der Waals surface area (Å²) in [4.78, 5) is 25.9. The third kappa shape index (κ3) is 3.33. The number of rotatable bonds is 4. The zero-order valence-electron chi connectivity index (χ0n) is 16.0. The fourth-order valence-electron chi connectivity index (χ4n) is 4.06. The van der Waals surface area contributed by atoms with Crippen molar-refractivity contribution >= 4 is 11.8 Å². The molecule has 4 nitrogen and oxygen atoms in total. The van der Waals surface area contributed by atoms with Crippen LogP contribution < -0.4 is 5.32 Å². The molecule has 138 valence electrons. The van der Waals surface area contributed by atoms with Gasteiger partial charge in [0.05, 0.1) is 12.2 Å². The van der Waals surface area contributed by atoms with E-state index in [1.807, 2.05) is 37.3 Å². The van der Waals surface area contributed by atoms with Gasteiger partial charge in [0.15, 0.2) is 5.78 Å². The maximum absolute atomic E-state index is 13.1. The largest absolute Gasteiger partial charge is 0.463 e. The van der Waals surface area contributed by atoms with Gasteiger partial charge in [-0.05, 0) is 30.7 Å². The number of hydrogen-bond acceptors (Lipinski definition) is 4. The molecule has 4 heteroatoms. The zero-order valence-corrected chi connectivity index (χ0v) is 16.0. The number of dihydropyridines is 1. The number of carbonyl (C=O) groups is 2. The minimum absolute atomic E-state index is 0.0789. The van der Waals surface area contributed by atoms with Crippen LogP contribution in [-0.2, 0) is 14.3 Å². The summed E-state index contributed by atoms with van der Waals surface area (Å²) in [5, 5.41) is 3.42. The van der Waals surface area contributed by atoms with E-state index in [-0.39, 0.29) is 23.1 Å². The summed E-state index contributed by atoms with van der Waals surface area (Å²) in [6, 6.07) is 9.81. The van der Waals surface area contributed by atoms with Gasteiger partial charge in [0.1, 0.15) is 0 Å². The molecule has 1 N–H and O–H groups in total. The number of Topliss-reactive ketones (excluding diaryl/α,β-unsaturated/α-hetero) is 1. The number of ketones is 1. The quantitative estimate of drug-likeness (QED) is 0.823. The summed E-state index contributed by atoms with van der Waals surface area (Å²) in [6.45, 7) is 8.36. The average Bonchev–Trinajstić information content (AvgIpc) is 2.59. The molecule has 0 aromatic heterocycles. The van der Waals surface area contributed by atoms with Gasteiger partial charge >= 0.3 is 5.97 Å². The molecule has 3 rings (SSSR count). The molecule has 0 spiro atoms. The van der Waals surface area contributed by atoms with E-state index in [9.17, 15) is 9.59 Å². The van der Waals surface area contributed by atoms with Crippen LogP contribution >= 0.6 is 0 Å². The monoisotopic (exact) mass is 353 g/mol. The Morgan fingerprint density at radius 1 is 1.19 bits per heavy atom. The highest BCUT2D eigenvalue weighted by Crippen LogP contribution is 2.47. The van der Waals surface area contributed by atoms with E-state index >= 15 is 0 Å². The highest BCUT2D eigenvalue weighted by Gasteiger charge is 2.43. The first kappa shape index (κ1) is 18.4. The highest BCUT2D eigenvalue weighted by atomic mass is 16.5. The van der Waals surface area contributed by atoms with Crippen molar-refractivity contribution in [3.05, 3.63) is 58.4 Å². The lowest BCUT2D eigenvalue weighted by atomic mass is 9.68. The first-order chi connectivity index (χ1) is 12.4. The molecule has 0 amide bonds. The smallest absolute Gasteiger partial charge is 0.336 e. The molecular weight excluding hydrogens is 326 g/mol.